The molecule has 8 nitrogen and oxygen atoms in total. The quantitative estimate of drug-likeness (QED) is 0.743. The maximum absolute atomic E-state index is 12.6. The van der Waals surface area contributed by atoms with Crippen LogP contribution in [0.25, 0.3) is 0 Å². The van der Waals surface area contributed by atoms with Gasteiger partial charge in [-0.1, -0.05) is 23.7 Å². The number of fused-ring (bicyclic) bond motifs is 1. The Morgan fingerprint density at radius 1 is 1.10 bits per heavy atom. The maximum Gasteiger partial charge on any atom is 0.267 e. The van der Waals surface area contributed by atoms with Crippen molar-refractivity contribution in [3.8, 4) is 11.5 Å². The molecule has 2 heterocycles. The Kier molecular flexibility index (Phi) is 6.14. The number of nitrogens with zero attached hydrogens (tertiary/aromatic N) is 1. The molecule has 1 atom stereocenters. The van der Waals surface area contributed by atoms with E-state index in [1.165, 1.54) is 18.2 Å². The molecule has 1 saturated heterocycles. The van der Waals surface area contributed by atoms with Crippen molar-refractivity contribution in [2.24, 2.45) is 0 Å². The third kappa shape index (κ3) is 4.70. The average molecular weight is 453 g/mol. The van der Waals surface area contributed by atoms with Crippen molar-refractivity contribution in [2.45, 2.75) is 17.5 Å². The summed E-state index contributed by atoms with van der Waals surface area (Å²) < 4.78 is 44.5. The number of halogens is 1. The molecule has 0 radical (unpaired) electrons. The zero-order valence-electron chi connectivity index (χ0n) is 16.0. The van der Waals surface area contributed by atoms with Crippen LogP contribution in [0.5, 0.6) is 11.5 Å². The van der Waals surface area contributed by atoms with Crippen molar-refractivity contribution in [1.29, 1.82) is 0 Å². The van der Waals surface area contributed by atoms with E-state index in [2.05, 4.69) is 4.72 Å². The van der Waals surface area contributed by atoms with Gasteiger partial charge in [0.2, 0.25) is 16.1 Å². The molecule has 0 bridgehead atoms. The number of nitrogens with one attached hydrogen (secondary N) is 1. The highest BCUT2D eigenvalue weighted by atomic mass is 35.5. The smallest absolute Gasteiger partial charge is 0.267 e. The summed E-state index contributed by atoms with van der Waals surface area (Å²) in [4.78, 5) is 14.3. The molecule has 4 rings (SSSR count). The molecule has 0 aromatic heterocycles. The van der Waals surface area contributed by atoms with Gasteiger partial charge in [-0.05, 0) is 29.8 Å². The number of sulfonamides is 1. The van der Waals surface area contributed by atoms with E-state index in [0.29, 0.717) is 37.1 Å². The average Bonchev–Trinajstić information content (AvgIpc) is 2.78. The van der Waals surface area contributed by atoms with Gasteiger partial charge in [0.05, 0.1) is 18.1 Å². The molecule has 160 valence electrons. The van der Waals surface area contributed by atoms with Crippen LogP contribution in [-0.2, 0) is 26.1 Å². The molecule has 1 fully saturated rings. The lowest BCUT2D eigenvalue weighted by Gasteiger charge is -2.32. The number of carbonyl (C=O) groups is 1. The van der Waals surface area contributed by atoms with Crippen LogP contribution in [0.1, 0.15) is 5.56 Å². The first-order chi connectivity index (χ1) is 14.4. The third-order valence-corrected chi connectivity index (χ3v) is 6.51. The van der Waals surface area contributed by atoms with Crippen molar-refractivity contribution < 1.29 is 27.4 Å². The highest BCUT2D eigenvalue weighted by Gasteiger charge is 2.32. The van der Waals surface area contributed by atoms with E-state index in [0.717, 1.165) is 5.56 Å². The first-order valence-corrected chi connectivity index (χ1v) is 11.3. The number of rotatable bonds is 5. The number of carbonyl (C=O) groups excluding carboxylic acids is 1. The van der Waals surface area contributed by atoms with Gasteiger partial charge in [0.25, 0.3) is 5.91 Å². The van der Waals surface area contributed by atoms with Gasteiger partial charge in [-0.2, -0.15) is 0 Å². The Bertz CT molecular complexity index is 1020. The third-order valence-electron chi connectivity index (χ3n) is 4.86. The zero-order chi connectivity index (χ0) is 21.1. The Hall–Kier alpha value is -2.33. The molecule has 2 aromatic carbocycles. The van der Waals surface area contributed by atoms with Crippen LogP contribution < -0.4 is 14.2 Å². The van der Waals surface area contributed by atoms with E-state index in [1.807, 2.05) is 0 Å². The minimum absolute atomic E-state index is 0.0187. The minimum Gasteiger partial charge on any atom is -0.485 e. The van der Waals surface area contributed by atoms with Gasteiger partial charge >= 0.3 is 0 Å². The standard InChI is InChI=1S/C20H21ClN2O6S/c21-15-3-1-14(2-4-15)12-22-30(25,26)16-5-6-17-18(11-16)28-13-19(29-17)20(24)23-7-9-27-10-8-23/h1-6,11,19,22H,7-10,12-13H2/t19-/m1/s1. The number of morpholine rings is 1. The van der Waals surface area contributed by atoms with E-state index in [9.17, 15) is 13.2 Å². The highest BCUT2D eigenvalue weighted by molar-refractivity contribution is 7.89. The predicted molar refractivity (Wildman–Crippen MR) is 109 cm³/mol. The van der Waals surface area contributed by atoms with Crippen LogP contribution in [0.15, 0.2) is 47.4 Å². The van der Waals surface area contributed by atoms with Gasteiger partial charge in [0.1, 0.15) is 6.61 Å². The SMILES string of the molecule is O=C([C@H]1COc2cc(S(=O)(=O)NCc3ccc(Cl)cc3)ccc2O1)N1CCOCC1. The maximum atomic E-state index is 12.6. The van der Waals surface area contributed by atoms with Gasteiger partial charge < -0.3 is 19.1 Å². The molecule has 2 aliphatic rings. The van der Waals surface area contributed by atoms with Crippen LogP contribution in [-0.4, -0.2) is 58.2 Å². The molecule has 0 spiro atoms. The lowest BCUT2D eigenvalue weighted by Crippen LogP contribution is -2.50. The van der Waals surface area contributed by atoms with Crippen molar-refractivity contribution in [2.75, 3.05) is 32.9 Å². The van der Waals surface area contributed by atoms with E-state index >= 15 is 0 Å². The number of hydrogen-bond acceptors (Lipinski definition) is 6. The fraction of sp³-hybridized carbons (Fsp3) is 0.350. The molecule has 0 unspecified atom stereocenters. The highest BCUT2D eigenvalue weighted by Crippen LogP contribution is 2.34. The lowest BCUT2D eigenvalue weighted by molar-refractivity contribution is -0.145. The van der Waals surface area contributed by atoms with E-state index in [-0.39, 0.29) is 29.7 Å². The molecule has 0 aliphatic carbocycles. The molecule has 2 aromatic rings. The normalized spacial score (nSPS) is 18.8. The summed E-state index contributed by atoms with van der Waals surface area (Å²) in [5.41, 5.74) is 0.782. The van der Waals surface area contributed by atoms with Crippen molar-refractivity contribution in [3.05, 3.63) is 53.1 Å². The summed E-state index contributed by atoms with van der Waals surface area (Å²) in [6.45, 7) is 2.18. The van der Waals surface area contributed by atoms with Gasteiger partial charge in [0, 0.05) is 30.7 Å². The largest absolute Gasteiger partial charge is 0.485 e. The van der Waals surface area contributed by atoms with Crippen molar-refractivity contribution >= 4 is 27.5 Å². The van der Waals surface area contributed by atoms with Crippen LogP contribution in [0, 0.1) is 0 Å². The Morgan fingerprint density at radius 2 is 1.83 bits per heavy atom. The van der Waals surface area contributed by atoms with E-state index < -0.39 is 16.1 Å². The molecule has 10 heteroatoms. The topological polar surface area (TPSA) is 94.2 Å². The second-order valence-electron chi connectivity index (χ2n) is 6.91. The molecule has 2 aliphatic heterocycles. The zero-order valence-corrected chi connectivity index (χ0v) is 17.6. The minimum atomic E-state index is -3.76. The predicted octanol–water partition coefficient (Wildman–Crippen LogP) is 1.82. The Morgan fingerprint density at radius 3 is 2.57 bits per heavy atom. The summed E-state index contributed by atoms with van der Waals surface area (Å²) in [5.74, 6) is 0.463. The van der Waals surface area contributed by atoms with Gasteiger partial charge in [0.15, 0.2) is 11.5 Å². The number of ether oxygens (including phenoxy) is 3. The van der Waals surface area contributed by atoms with Gasteiger partial charge in [-0.15, -0.1) is 0 Å². The van der Waals surface area contributed by atoms with E-state index in [4.69, 9.17) is 25.8 Å². The Labute approximate surface area is 179 Å². The molecule has 1 amide bonds. The molecular weight excluding hydrogens is 432 g/mol. The second-order valence-corrected chi connectivity index (χ2v) is 9.12. The summed E-state index contributed by atoms with van der Waals surface area (Å²) >= 11 is 5.85. The summed E-state index contributed by atoms with van der Waals surface area (Å²) in [7, 11) is -3.76. The van der Waals surface area contributed by atoms with Crippen LogP contribution in [0.3, 0.4) is 0 Å². The van der Waals surface area contributed by atoms with Crippen molar-refractivity contribution in [3.63, 3.8) is 0 Å². The van der Waals surface area contributed by atoms with Crippen LogP contribution in [0.4, 0.5) is 0 Å². The van der Waals surface area contributed by atoms with Gasteiger partial charge in [-0.25, -0.2) is 13.1 Å². The molecule has 0 saturated carbocycles. The van der Waals surface area contributed by atoms with Crippen molar-refractivity contribution in [1.82, 2.24) is 9.62 Å². The fourth-order valence-corrected chi connectivity index (χ4v) is 4.35. The summed E-state index contributed by atoms with van der Waals surface area (Å²) in [6, 6.07) is 11.2. The molecule has 30 heavy (non-hydrogen) atoms. The Balaban J connectivity index is 1.42. The van der Waals surface area contributed by atoms with Crippen LogP contribution in [0.2, 0.25) is 5.02 Å². The first kappa shape index (κ1) is 20.9. The number of hydrogen-bond donors (Lipinski definition) is 1. The second kappa shape index (κ2) is 8.81. The summed E-state index contributed by atoms with van der Waals surface area (Å²) in [6.07, 6.45) is -0.763. The summed E-state index contributed by atoms with van der Waals surface area (Å²) in [5, 5.41) is 0.582. The monoisotopic (exact) mass is 452 g/mol. The molecular formula is C20H21ClN2O6S. The lowest BCUT2D eigenvalue weighted by atomic mass is 10.2. The van der Waals surface area contributed by atoms with Gasteiger partial charge in [-0.3, -0.25) is 4.79 Å². The first-order valence-electron chi connectivity index (χ1n) is 9.46. The fourth-order valence-electron chi connectivity index (χ4n) is 3.19. The number of benzene rings is 2. The number of amides is 1. The van der Waals surface area contributed by atoms with Crippen LogP contribution >= 0.6 is 11.6 Å². The molecule has 1 N–H and O–H groups in total. The van der Waals surface area contributed by atoms with E-state index in [1.54, 1.807) is 29.2 Å².